The Bertz CT molecular complexity index is 847. The van der Waals surface area contributed by atoms with Crippen LogP contribution < -0.4 is 10.0 Å². The van der Waals surface area contributed by atoms with Crippen molar-refractivity contribution in [2.24, 2.45) is 0 Å². The van der Waals surface area contributed by atoms with Gasteiger partial charge < -0.3 is 5.32 Å². The first-order chi connectivity index (χ1) is 11.1. The molecule has 2 N–H and O–H groups in total. The molecule has 0 bridgehead atoms. The van der Waals surface area contributed by atoms with E-state index in [0.717, 1.165) is 18.2 Å². The second kappa shape index (κ2) is 6.87. The van der Waals surface area contributed by atoms with Crippen molar-refractivity contribution < 1.29 is 26.4 Å². The number of rotatable bonds is 5. The number of thiazole rings is 1. The molecule has 0 radical (unpaired) electrons. The third-order valence-corrected chi connectivity index (χ3v) is 5.03. The van der Waals surface area contributed by atoms with Crippen molar-refractivity contribution in [1.82, 2.24) is 9.71 Å². The Morgan fingerprint density at radius 1 is 1.33 bits per heavy atom. The second-order valence-electron chi connectivity index (χ2n) is 4.69. The molecule has 0 aliphatic rings. The molecule has 0 spiro atoms. The van der Waals surface area contributed by atoms with Gasteiger partial charge in [-0.1, -0.05) is 6.07 Å². The van der Waals surface area contributed by atoms with Crippen LogP contribution in [0.25, 0.3) is 0 Å². The van der Waals surface area contributed by atoms with E-state index >= 15 is 0 Å². The van der Waals surface area contributed by atoms with Crippen LogP contribution in [0.15, 0.2) is 34.5 Å². The zero-order valence-electron chi connectivity index (χ0n) is 12.2. The molecule has 0 aliphatic carbocycles. The normalized spacial score (nSPS) is 12.2. The van der Waals surface area contributed by atoms with Crippen LogP contribution in [0, 0.1) is 6.92 Å². The quantitative estimate of drug-likeness (QED) is 0.835. The van der Waals surface area contributed by atoms with Crippen LogP contribution in [0.4, 0.5) is 18.3 Å². The number of aromatic nitrogens is 1. The lowest BCUT2D eigenvalue weighted by Crippen LogP contribution is -2.33. The average Bonchev–Trinajstić information content (AvgIpc) is 2.90. The van der Waals surface area contributed by atoms with Crippen molar-refractivity contribution in [3.8, 4) is 0 Å². The predicted octanol–water partition coefficient (Wildman–Crippen LogP) is 2.39. The highest BCUT2D eigenvalue weighted by atomic mass is 32.2. The maximum Gasteiger partial charge on any atom is 0.416 e. The van der Waals surface area contributed by atoms with Crippen molar-refractivity contribution in [3.05, 3.63) is 40.9 Å². The Morgan fingerprint density at radius 3 is 2.62 bits per heavy atom. The molecule has 1 amide bonds. The Labute approximate surface area is 139 Å². The Hall–Kier alpha value is -1.98. The Balaban J connectivity index is 2.04. The molecule has 0 fully saturated rings. The molecular formula is C13H12F3N3O3S2. The van der Waals surface area contributed by atoms with E-state index in [9.17, 15) is 26.4 Å². The summed E-state index contributed by atoms with van der Waals surface area (Å²) >= 11 is 1.17. The molecule has 2 rings (SSSR count). The Kier molecular flexibility index (Phi) is 5.26. The summed E-state index contributed by atoms with van der Waals surface area (Å²) in [6.45, 7) is 1.10. The average molecular weight is 379 g/mol. The van der Waals surface area contributed by atoms with Crippen LogP contribution in [-0.4, -0.2) is 25.9 Å². The molecule has 0 unspecified atom stereocenters. The number of hydrogen-bond donors (Lipinski definition) is 2. The number of carbonyl (C=O) groups excluding carboxylic acids is 1. The molecule has 0 saturated heterocycles. The van der Waals surface area contributed by atoms with Gasteiger partial charge >= 0.3 is 6.18 Å². The largest absolute Gasteiger partial charge is 0.416 e. The highest BCUT2D eigenvalue weighted by molar-refractivity contribution is 7.89. The molecule has 1 aromatic carbocycles. The van der Waals surface area contributed by atoms with Gasteiger partial charge in [0.25, 0.3) is 0 Å². The number of nitrogens with zero attached hydrogens (tertiary/aromatic N) is 1. The number of carbonyl (C=O) groups is 1. The van der Waals surface area contributed by atoms with Gasteiger partial charge in [0.2, 0.25) is 15.9 Å². The number of amides is 1. The third kappa shape index (κ3) is 4.76. The second-order valence-corrected chi connectivity index (χ2v) is 7.32. The van der Waals surface area contributed by atoms with Crippen LogP contribution >= 0.6 is 11.3 Å². The van der Waals surface area contributed by atoms with E-state index in [1.807, 2.05) is 4.72 Å². The standard InChI is InChI=1S/C13H12F3N3O3S2/c1-8-7-23-12(18-8)19-11(20)6-17-24(21,22)10-4-2-3-9(5-10)13(14,15)16/h2-5,7,17H,6H2,1H3,(H,18,19,20). The number of alkyl halides is 3. The van der Waals surface area contributed by atoms with Crippen LogP contribution in [0.1, 0.15) is 11.3 Å². The summed E-state index contributed by atoms with van der Waals surface area (Å²) in [5.74, 6) is -0.681. The minimum Gasteiger partial charge on any atom is -0.301 e. The van der Waals surface area contributed by atoms with Crippen molar-refractivity contribution in [1.29, 1.82) is 0 Å². The maximum atomic E-state index is 12.6. The van der Waals surface area contributed by atoms with E-state index < -0.39 is 39.1 Å². The minimum atomic E-state index is -4.66. The van der Waals surface area contributed by atoms with Gasteiger partial charge in [0.1, 0.15) is 0 Å². The first-order valence-electron chi connectivity index (χ1n) is 6.47. The lowest BCUT2D eigenvalue weighted by molar-refractivity contribution is -0.137. The van der Waals surface area contributed by atoms with Gasteiger partial charge in [-0.05, 0) is 25.1 Å². The van der Waals surface area contributed by atoms with Crippen LogP contribution in [-0.2, 0) is 21.0 Å². The summed E-state index contributed by atoms with van der Waals surface area (Å²) in [5.41, 5.74) is -0.395. The molecule has 0 atom stereocenters. The minimum absolute atomic E-state index is 0.302. The molecule has 24 heavy (non-hydrogen) atoms. The summed E-state index contributed by atoms with van der Waals surface area (Å²) < 4.78 is 63.8. The zero-order chi connectivity index (χ0) is 18.0. The van der Waals surface area contributed by atoms with E-state index in [4.69, 9.17) is 0 Å². The molecule has 130 valence electrons. The lowest BCUT2D eigenvalue weighted by Gasteiger charge is -2.10. The molecule has 0 aliphatic heterocycles. The number of nitrogens with one attached hydrogen (secondary N) is 2. The number of halogens is 3. The number of aryl methyl sites for hydroxylation is 1. The third-order valence-electron chi connectivity index (χ3n) is 2.76. The molecule has 11 heteroatoms. The highest BCUT2D eigenvalue weighted by Crippen LogP contribution is 2.30. The fourth-order valence-corrected chi connectivity index (χ4v) is 3.39. The van der Waals surface area contributed by atoms with Crippen molar-refractivity contribution in [2.75, 3.05) is 11.9 Å². The topological polar surface area (TPSA) is 88.2 Å². The smallest absolute Gasteiger partial charge is 0.301 e. The molecular weight excluding hydrogens is 367 g/mol. The number of sulfonamides is 1. The van der Waals surface area contributed by atoms with Gasteiger partial charge in [-0.25, -0.2) is 18.1 Å². The molecule has 0 saturated carbocycles. The Morgan fingerprint density at radius 2 is 2.04 bits per heavy atom. The van der Waals surface area contributed by atoms with Gasteiger partial charge in [-0.2, -0.15) is 13.2 Å². The van der Waals surface area contributed by atoms with Crippen LogP contribution in [0.2, 0.25) is 0 Å². The fourth-order valence-electron chi connectivity index (χ4n) is 1.66. The number of anilines is 1. The van der Waals surface area contributed by atoms with Gasteiger partial charge in [0.15, 0.2) is 5.13 Å². The van der Waals surface area contributed by atoms with Crippen LogP contribution in [0.3, 0.4) is 0 Å². The summed E-state index contributed by atoms with van der Waals surface area (Å²) in [6, 6.07) is 3.26. The fraction of sp³-hybridized carbons (Fsp3) is 0.231. The van der Waals surface area contributed by atoms with Gasteiger partial charge in [-0.3, -0.25) is 4.79 Å². The maximum absolute atomic E-state index is 12.6. The number of hydrogen-bond acceptors (Lipinski definition) is 5. The molecule has 1 aromatic heterocycles. The molecule has 1 heterocycles. The SMILES string of the molecule is Cc1csc(NC(=O)CNS(=O)(=O)c2cccc(C(F)(F)F)c2)n1. The number of benzene rings is 1. The zero-order valence-corrected chi connectivity index (χ0v) is 13.8. The van der Waals surface area contributed by atoms with Crippen molar-refractivity contribution >= 4 is 32.4 Å². The monoisotopic (exact) mass is 379 g/mol. The summed E-state index contributed by atoms with van der Waals surface area (Å²) in [7, 11) is -4.25. The van der Waals surface area contributed by atoms with E-state index in [2.05, 4.69) is 10.3 Å². The molecule has 2 aromatic rings. The predicted molar refractivity (Wildman–Crippen MR) is 82.1 cm³/mol. The van der Waals surface area contributed by atoms with Crippen LogP contribution in [0.5, 0.6) is 0 Å². The van der Waals surface area contributed by atoms with E-state index in [-0.39, 0.29) is 0 Å². The summed E-state index contributed by atoms with van der Waals surface area (Å²) in [5, 5.41) is 4.38. The highest BCUT2D eigenvalue weighted by Gasteiger charge is 2.31. The van der Waals surface area contributed by atoms with E-state index in [0.29, 0.717) is 16.9 Å². The van der Waals surface area contributed by atoms with Gasteiger partial charge in [0, 0.05) is 5.38 Å². The van der Waals surface area contributed by atoms with Crippen molar-refractivity contribution in [2.45, 2.75) is 18.0 Å². The van der Waals surface area contributed by atoms with Crippen molar-refractivity contribution in [3.63, 3.8) is 0 Å². The first-order valence-corrected chi connectivity index (χ1v) is 8.83. The van der Waals surface area contributed by atoms with E-state index in [1.54, 1.807) is 12.3 Å². The van der Waals surface area contributed by atoms with Gasteiger partial charge in [-0.15, -0.1) is 11.3 Å². The summed E-state index contributed by atoms with van der Waals surface area (Å²) in [4.78, 5) is 15.1. The summed E-state index contributed by atoms with van der Waals surface area (Å²) in [6.07, 6.45) is -4.66. The van der Waals surface area contributed by atoms with Gasteiger partial charge in [0.05, 0.1) is 22.7 Å². The lowest BCUT2D eigenvalue weighted by atomic mass is 10.2. The molecule has 6 nitrogen and oxygen atoms in total. The van der Waals surface area contributed by atoms with E-state index in [1.165, 1.54) is 11.3 Å². The first kappa shape index (κ1) is 18.4.